The molecule has 19 heavy (non-hydrogen) atoms. The lowest BCUT2D eigenvalue weighted by molar-refractivity contribution is 0.415. The van der Waals surface area contributed by atoms with Crippen LogP contribution in [-0.2, 0) is 0 Å². The Balaban J connectivity index is 2.01. The van der Waals surface area contributed by atoms with Crippen LogP contribution in [-0.4, -0.2) is 24.6 Å². The number of rotatable bonds is 4. The van der Waals surface area contributed by atoms with Gasteiger partial charge in [-0.1, -0.05) is 12.1 Å². The summed E-state index contributed by atoms with van der Waals surface area (Å²) < 4.78 is 5.06. The third-order valence-corrected chi connectivity index (χ3v) is 2.52. The number of phenols is 1. The molecule has 0 spiro atoms. The molecule has 0 saturated heterocycles. The Hall–Kier alpha value is -2.62. The van der Waals surface area contributed by atoms with E-state index in [4.69, 9.17) is 4.74 Å². The van der Waals surface area contributed by atoms with Gasteiger partial charge in [0, 0.05) is 5.56 Å². The van der Waals surface area contributed by atoms with Crippen LogP contribution in [0.25, 0.3) is 0 Å². The summed E-state index contributed by atoms with van der Waals surface area (Å²) in [6.07, 6.45) is 3.14. The maximum Gasteiger partial charge on any atom is 0.124 e. The zero-order valence-corrected chi connectivity index (χ0v) is 10.5. The second-order valence-electron chi connectivity index (χ2n) is 3.82. The van der Waals surface area contributed by atoms with E-state index >= 15 is 0 Å². The SMILES string of the molecule is COc1ccc(C=N/N=C/c2ccccc2O)cc1. The number of para-hydroxylation sites is 1. The van der Waals surface area contributed by atoms with Gasteiger partial charge in [-0.2, -0.15) is 10.2 Å². The van der Waals surface area contributed by atoms with Crippen molar-refractivity contribution in [3.8, 4) is 11.5 Å². The molecule has 4 heteroatoms. The van der Waals surface area contributed by atoms with Crippen LogP contribution in [0.5, 0.6) is 11.5 Å². The summed E-state index contributed by atoms with van der Waals surface area (Å²) >= 11 is 0. The average Bonchev–Trinajstić information content (AvgIpc) is 2.46. The van der Waals surface area contributed by atoms with Crippen LogP contribution < -0.4 is 4.74 Å². The quantitative estimate of drug-likeness (QED) is 0.673. The highest BCUT2D eigenvalue weighted by molar-refractivity contribution is 5.84. The molecular weight excluding hydrogens is 240 g/mol. The van der Waals surface area contributed by atoms with Crippen LogP contribution in [0, 0.1) is 0 Å². The molecule has 0 saturated carbocycles. The van der Waals surface area contributed by atoms with Gasteiger partial charge < -0.3 is 9.84 Å². The standard InChI is InChI=1S/C15H14N2O2/c1-19-14-8-6-12(7-9-14)10-16-17-11-13-4-2-3-5-15(13)18/h2-11,18H,1H3/b16-10?,17-11+. The summed E-state index contributed by atoms with van der Waals surface area (Å²) in [5.74, 6) is 0.987. The zero-order chi connectivity index (χ0) is 13.5. The predicted molar refractivity (Wildman–Crippen MR) is 76.3 cm³/mol. The van der Waals surface area contributed by atoms with E-state index in [9.17, 15) is 5.11 Å². The van der Waals surface area contributed by atoms with E-state index in [0.29, 0.717) is 5.56 Å². The van der Waals surface area contributed by atoms with Crippen molar-refractivity contribution in [1.82, 2.24) is 0 Å². The number of benzene rings is 2. The van der Waals surface area contributed by atoms with Gasteiger partial charge in [-0.15, -0.1) is 0 Å². The van der Waals surface area contributed by atoms with E-state index in [2.05, 4.69) is 10.2 Å². The van der Waals surface area contributed by atoms with Crippen molar-refractivity contribution >= 4 is 12.4 Å². The van der Waals surface area contributed by atoms with Crippen LogP contribution in [0.15, 0.2) is 58.7 Å². The average molecular weight is 254 g/mol. The molecule has 0 fully saturated rings. The number of phenolic OH excluding ortho intramolecular Hbond substituents is 1. The van der Waals surface area contributed by atoms with Crippen LogP contribution in [0.1, 0.15) is 11.1 Å². The molecule has 0 aliphatic heterocycles. The minimum Gasteiger partial charge on any atom is -0.507 e. The van der Waals surface area contributed by atoms with Gasteiger partial charge in [-0.05, 0) is 42.0 Å². The molecule has 2 aromatic carbocycles. The molecular formula is C15H14N2O2. The first-order chi connectivity index (χ1) is 9.29. The minimum atomic E-state index is 0.186. The molecule has 0 heterocycles. The van der Waals surface area contributed by atoms with Crippen molar-refractivity contribution in [2.75, 3.05) is 7.11 Å². The van der Waals surface area contributed by atoms with Crippen LogP contribution in [0.4, 0.5) is 0 Å². The molecule has 2 rings (SSSR count). The zero-order valence-electron chi connectivity index (χ0n) is 10.5. The van der Waals surface area contributed by atoms with Gasteiger partial charge in [0.2, 0.25) is 0 Å². The second kappa shape index (κ2) is 6.35. The Morgan fingerprint density at radius 1 is 0.947 bits per heavy atom. The second-order valence-corrected chi connectivity index (χ2v) is 3.82. The lowest BCUT2D eigenvalue weighted by Crippen LogP contribution is -1.84. The smallest absolute Gasteiger partial charge is 0.124 e. The van der Waals surface area contributed by atoms with Crippen molar-refractivity contribution in [2.45, 2.75) is 0 Å². The summed E-state index contributed by atoms with van der Waals surface area (Å²) in [4.78, 5) is 0. The third-order valence-electron chi connectivity index (χ3n) is 2.52. The number of hydrogen-bond acceptors (Lipinski definition) is 4. The fourth-order valence-corrected chi connectivity index (χ4v) is 1.48. The van der Waals surface area contributed by atoms with E-state index < -0.39 is 0 Å². The minimum absolute atomic E-state index is 0.186. The van der Waals surface area contributed by atoms with Gasteiger partial charge in [0.05, 0.1) is 19.5 Å². The van der Waals surface area contributed by atoms with Gasteiger partial charge in [-0.3, -0.25) is 0 Å². The Kier molecular flexibility index (Phi) is 4.29. The number of hydrogen-bond donors (Lipinski definition) is 1. The van der Waals surface area contributed by atoms with Crippen molar-refractivity contribution in [3.05, 3.63) is 59.7 Å². The Labute approximate surface area is 111 Å². The fourth-order valence-electron chi connectivity index (χ4n) is 1.48. The molecule has 0 atom stereocenters. The van der Waals surface area contributed by atoms with Gasteiger partial charge in [0.1, 0.15) is 11.5 Å². The highest BCUT2D eigenvalue weighted by atomic mass is 16.5. The number of aromatic hydroxyl groups is 1. The van der Waals surface area contributed by atoms with Gasteiger partial charge in [0.15, 0.2) is 0 Å². The first-order valence-electron chi connectivity index (χ1n) is 5.78. The van der Waals surface area contributed by atoms with Crippen molar-refractivity contribution in [2.24, 2.45) is 10.2 Å². The molecule has 0 aliphatic carbocycles. The maximum absolute atomic E-state index is 9.53. The van der Waals surface area contributed by atoms with Crippen LogP contribution in [0.2, 0.25) is 0 Å². The number of ether oxygens (including phenoxy) is 1. The van der Waals surface area contributed by atoms with E-state index in [1.807, 2.05) is 30.3 Å². The van der Waals surface area contributed by atoms with E-state index in [1.54, 1.807) is 31.5 Å². The van der Waals surface area contributed by atoms with Gasteiger partial charge in [0.25, 0.3) is 0 Å². The molecule has 0 radical (unpaired) electrons. The predicted octanol–water partition coefficient (Wildman–Crippen LogP) is 2.85. The normalized spacial score (nSPS) is 11.2. The summed E-state index contributed by atoms with van der Waals surface area (Å²) in [5.41, 5.74) is 1.56. The molecule has 0 amide bonds. The molecule has 96 valence electrons. The largest absolute Gasteiger partial charge is 0.507 e. The summed E-state index contributed by atoms with van der Waals surface area (Å²) in [6, 6.07) is 14.4. The first kappa shape index (κ1) is 12.8. The molecule has 2 aromatic rings. The van der Waals surface area contributed by atoms with Crippen molar-refractivity contribution < 1.29 is 9.84 Å². The Morgan fingerprint density at radius 2 is 1.63 bits per heavy atom. The van der Waals surface area contributed by atoms with Crippen LogP contribution >= 0.6 is 0 Å². The van der Waals surface area contributed by atoms with Crippen LogP contribution in [0.3, 0.4) is 0 Å². The van der Waals surface area contributed by atoms with E-state index in [0.717, 1.165) is 11.3 Å². The Bertz CT molecular complexity index is 589. The van der Waals surface area contributed by atoms with E-state index in [1.165, 1.54) is 6.21 Å². The Morgan fingerprint density at radius 3 is 2.32 bits per heavy atom. The molecule has 0 aromatic heterocycles. The third kappa shape index (κ3) is 3.67. The van der Waals surface area contributed by atoms with Crippen molar-refractivity contribution in [3.63, 3.8) is 0 Å². The highest BCUT2D eigenvalue weighted by Crippen LogP contribution is 2.13. The van der Waals surface area contributed by atoms with Crippen molar-refractivity contribution in [1.29, 1.82) is 0 Å². The maximum atomic E-state index is 9.53. The number of nitrogens with zero attached hydrogens (tertiary/aromatic N) is 2. The molecule has 0 unspecified atom stereocenters. The summed E-state index contributed by atoms with van der Waals surface area (Å²) in [6.45, 7) is 0. The fraction of sp³-hybridized carbons (Fsp3) is 0.0667. The molecule has 4 nitrogen and oxygen atoms in total. The molecule has 0 bridgehead atoms. The first-order valence-corrected chi connectivity index (χ1v) is 5.78. The van der Waals surface area contributed by atoms with Gasteiger partial charge in [-0.25, -0.2) is 0 Å². The monoisotopic (exact) mass is 254 g/mol. The lowest BCUT2D eigenvalue weighted by Gasteiger charge is -1.98. The molecule has 0 aliphatic rings. The van der Waals surface area contributed by atoms with E-state index in [-0.39, 0.29) is 5.75 Å². The molecule has 1 N–H and O–H groups in total. The highest BCUT2D eigenvalue weighted by Gasteiger charge is 1.93. The number of methoxy groups -OCH3 is 1. The topological polar surface area (TPSA) is 54.2 Å². The summed E-state index contributed by atoms with van der Waals surface area (Å²) in [5, 5.41) is 17.3. The summed E-state index contributed by atoms with van der Waals surface area (Å²) in [7, 11) is 1.62. The lowest BCUT2D eigenvalue weighted by atomic mass is 10.2. The van der Waals surface area contributed by atoms with Gasteiger partial charge >= 0.3 is 0 Å².